The van der Waals surface area contributed by atoms with E-state index in [0.29, 0.717) is 29.4 Å². The second-order valence-corrected chi connectivity index (χ2v) is 5.91. The van der Waals surface area contributed by atoms with Crippen LogP contribution in [0.1, 0.15) is 12.5 Å². The predicted octanol–water partition coefficient (Wildman–Crippen LogP) is 3.77. The fraction of sp³-hybridized carbons (Fsp3) is 0.350. The number of anilines is 3. The molecule has 0 aliphatic rings. The van der Waals surface area contributed by atoms with Crippen molar-refractivity contribution in [1.82, 2.24) is 0 Å². The zero-order chi connectivity index (χ0) is 19.8. The van der Waals surface area contributed by atoms with Crippen LogP contribution in [-0.2, 0) is 4.74 Å². The number of nitriles is 1. The van der Waals surface area contributed by atoms with E-state index in [9.17, 15) is 5.26 Å². The van der Waals surface area contributed by atoms with Crippen LogP contribution in [0.5, 0.6) is 17.2 Å². The highest BCUT2D eigenvalue weighted by atomic mass is 16.5. The third-order valence-electron chi connectivity index (χ3n) is 3.91. The van der Waals surface area contributed by atoms with Crippen LogP contribution in [0.15, 0.2) is 30.3 Å². The number of rotatable bonds is 9. The second-order valence-electron chi connectivity index (χ2n) is 5.91. The lowest BCUT2D eigenvalue weighted by Gasteiger charge is -2.18. The molecule has 144 valence electrons. The molecule has 0 fully saturated rings. The molecule has 0 aliphatic carbocycles. The zero-order valence-electron chi connectivity index (χ0n) is 16.3. The lowest BCUT2D eigenvalue weighted by molar-refractivity contribution is 0.190. The Bertz CT molecular complexity index is 792. The van der Waals surface area contributed by atoms with E-state index < -0.39 is 0 Å². The topological polar surface area (TPSA) is 84.8 Å². The maximum Gasteiger partial charge on any atom is 0.203 e. The normalized spacial score (nSPS) is 11.3. The van der Waals surface area contributed by atoms with Gasteiger partial charge in [-0.05, 0) is 25.1 Å². The first kappa shape index (κ1) is 20.2. The van der Waals surface area contributed by atoms with E-state index in [1.165, 1.54) is 0 Å². The molecule has 7 heteroatoms. The van der Waals surface area contributed by atoms with Gasteiger partial charge >= 0.3 is 0 Å². The van der Waals surface area contributed by atoms with E-state index in [4.69, 9.17) is 18.9 Å². The molecule has 2 rings (SSSR count). The third kappa shape index (κ3) is 4.96. The van der Waals surface area contributed by atoms with Gasteiger partial charge in [-0.1, -0.05) is 0 Å². The molecule has 1 unspecified atom stereocenters. The third-order valence-corrected chi connectivity index (χ3v) is 3.91. The van der Waals surface area contributed by atoms with Gasteiger partial charge in [0.25, 0.3) is 0 Å². The van der Waals surface area contributed by atoms with E-state index in [2.05, 4.69) is 16.7 Å². The van der Waals surface area contributed by atoms with Gasteiger partial charge in [0, 0.05) is 36.7 Å². The van der Waals surface area contributed by atoms with Gasteiger partial charge in [0.15, 0.2) is 11.5 Å². The van der Waals surface area contributed by atoms with E-state index in [-0.39, 0.29) is 6.04 Å². The Balaban J connectivity index is 2.33. The van der Waals surface area contributed by atoms with Gasteiger partial charge in [-0.2, -0.15) is 5.26 Å². The summed E-state index contributed by atoms with van der Waals surface area (Å²) in [7, 11) is 6.35. The molecular weight excluding hydrogens is 346 g/mol. The number of nitrogens with one attached hydrogen (secondary N) is 2. The van der Waals surface area contributed by atoms with Crippen LogP contribution >= 0.6 is 0 Å². The van der Waals surface area contributed by atoms with Gasteiger partial charge < -0.3 is 29.6 Å². The summed E-state index contributed by atoms with van der Waals surface area (Å²) in [6, 6.07) is 11.4. The zero-order valence-corrected chi connectivity index (χ0v) is 16.3. The van der Waals surface area contributed by atoms with E-state index in [1.807, 2.05) is 31.2 Å². The number of hydrogen-bond donors (Lipinski definition) is 2. The molecule has 27 heavy (non-hydrogen) atoms. The number of benzene rings is 2. The van der Waals surface area contributed by atoms with Gasteiger partial charge in [0.1, 0.15) is 6.07 Å². The lowest BCUT2D eigenvalue weighted by Crippen LogP contribution is -2.21. The molecule has 0 saturated carbocycles. The van der Waals surface area contributed by atoms with Gasteiger partial charge in [-0.25, -0.2) is 0 Å². The molecule has 0 amide bonds. The van der Waals surface area contributed by atoms with Gasteiger partial charge in [0.05, 0.1) is 39.2 Å². The molecule has 2 N–H and O–H groups in total. The van der Waals surface area contributed by atoms with E-state index in [1.54, 1.807) is 34.5 Å². The van der Waals surface area contributed by atoms with Crippen LogP contribution in [-0.4, -0.2) is 41.1 Å². The first-order valence-electron chi connectivity index (χ1n) is 8.42. The molecule has 2 aromatic carbocycles. The summed E-state index contributed by atoms with van der Waals surface area (Å²) in [5, 5.41) is 15.9. The molecule has 0 saturated heterocycles. The molecular formula is C20H25N3O4. The van der Waals surface area contributed by atoms with Gasteiger partial charge in [0.2, 0.25) is 5.75 Å². The Kier molecular flexibility index (Phi) is 7.15. The quantitative estimate of drug-likeness (QED) is 0.694. The number of hydrogen-bond acceptors (Lipinski definition) is 7. The molecule has 0 spiro atoms. The first-order valence-corrected chi connectivity index (χ1v) is 8.42. The SMILES string of the molecule is COCC(C)Nc1cc(Nc2cc(OC)c(OC)c(OC)c2)ccc1C#N. The molecule has 0 radical (unpaired) electrons. The summed E-state index contributed by atoms with van der Waals surface area (Å²) < 4.78 is 21.3. The van der Waals surface area contributed by atoms with Crippen LogP contribution in [0.25, 0.3) is 0 Å². The Morgan fingerprint density at radius 2 is 1.63 bits per heavy atom. The van der Waals surface area contributed by atoms with Crippen molar-refractivity contribution in [2.24, 2.45) is 0 Å². The fourth-order valence-electron chi connectivity index (χ4n) is 2.72. The summed E-state index contributed by atoms with van der Waals surface area (Å²) in [4.78, 5) is 0. The van der Waals surface area contributed by atoms with Crippen LogP contribution in [0.2, 0.25) is 0 Å². The highest BCUT2D eigenvalue weighted by molar-refractivity contribution is 5.72. The van der Waals surface area contributed by atoms with Crippen molar-refractivity contribution in [3.05, 3.63) is 35.9 Å². The summed E-state index contributed by atoms with van der Waals surface area (Å²) in [6.07, 6.45) is 0. The van der Waals surface area contributed by atoms with Crippen molar-refractivity contribution < 1.29 is 18.9 Å². The molecule has 0 aromatic heterocycles. The van der Waals surface area contributed by atoms with Crippen LogP contribution < -0.4 is 24.8 Å². The average Bonchev–Trinajstić information content (AvgIpc) is 2.67. The molecule has 0 aliphatic heterocycles. The van der Waals surface area contributed by atoms with Gasteiger partial charge in [-0.3, -0.25) is 0 Å². The Hall–Kier alpha value is -3.11. The van der Waals surface area contributed by atoms with Crippen molar-refractivity contribution in [3.8, 4) is 23.3 Å². The second kappa shape index (κ2) is 9.55. The molecule has 2 aromatic rings. The molecule has 1 atom stereocenters. The minimum absolute atomic E-state index is 0.0681. The van der Waals surface area contributed by atoms with Crippen molar-refractivity contribution in [2.45, 2.75) is 13.0 Å². The summed E-state index contributed by atoms with van der Waals surface area (Å²) >= 11 is 0. The van der Waals surface area contributed by atoms with Crippen LogP contribution in [0, 0.1) is 11.3 Å². The monoisotopic (exact) mass is 371 g/mol. The van der Waals surface area contributed by atoms with Crippen molar-refractivity contribution in [2.75, 3.05) is 45.7 Å². The first-order chi connectivity index (χ1) is 13.1. The maximum absolute atomic E-state index is 9.35. The number of ether oxygens (including phenoxy) is 4. The van der Waals surface area contributed by atoms with E-state index in [0.717, 1.165) is 17.1 Å². The highest BCUT2D eigenvalue weighted by Gasteiger charge is 2.14. The van der Waals surface area contributed by atoms with Crippen molar-refractivity contribution in [3.63, 3.8) is 0 Å². The molecule has 0 bridgehead atoms. The minimum atomic E-state index is 0.0681. The summed E-state index contributed by atoms with van der Waals surface area (Å²) in [5.74, 6) is 1.64. The van der Waals surface area contributed by atoms with Gasteiger partial charge in [-0.15, -0.1) is 0 Å². The number of methoxy groups -OCH3 is 4. The Labute approximate surface area is 159 Å². The summed E-state index contributed by atoms with van der Waals surface area (Å²) in [5.41, 5.74) is 2.88. The van der Waals surface area contributed by atoms with Crippen molar-refractivity contribution in [1.29, 1.82) is 5.26 Å². The highest BCUT2D eigenvalue weighted by Crippen LogP contribution is 2.40. The predicted molar refractivity (Wildman–Crippen MR) is 105 cm³/mol. The van der Waals surface area contributed by atoms with E-state index >= 15 is 0 Å². The standard InChI is InChI=1S/C20H25N3O4/c1-13(12-24-2)22-17-8-15(7-6-14(17)11-21)23-16-9-18(25-3)20(27-5)19(10-16)26-4/h6-10,13,22-23H,12H2,1-5H3. The number of nitrogens with zero attached hydrogens (tertiary/aromatic N) is 1. The molecule has 7 nitrogen and oxygen atoms in total. The van der Waals surface area contributed by atoms with Crippen molar-refractivity contribution >= 4 is 17.1 Å². The Morgan fingerprint density at radius 1 is 0.963 bits per heavy atom. The maximum atomic E-state index is 9.35. The average molecular weight is 371 g/mol. The summed E-state index contributed by atoms with van der Waals surface area (Å²) in [6.45, 7) is 2.53. The largest absolute Gasteiger partial charge is 0.493 e. The lowest BCUT2D eigenvalue weighted by atomic mass is 10.1. The minimum Gasteiger partial charge on any atom is -0.493 e. The Morgan fingerprint density at radius 3 is 2.15 bits per heavy atom. The van der Waals surface area contributed by atoms with Crippen LogP contribution in [0.3, 0.4) is 0 Å². The fourth-order valence-corrected chi connectivity index (χ4v) is 2.72. The van der Waals surface area contributed by atoms with Crippen LogP contribution in [0.4, 0.5) is 17.1 Å². The smallest absolute Gasteiger partial charge is 0.203 e. The molecule has 0 heterocycles.